The van der Waals surface area contributed by atoms with E-state index in [1.165, 1.54) is 0 Å². The van der Waals surface area contributed by atoms with E-state index in [1.807, 2.05) is 39.8 Å². The van der Waals surface area contributed by atoms with Crippen LogP contribution in [0.5, 0.6) is 11.5 Å². The molecular weight excluding hydrogens is 422 g/mol. The summed E-state index contributed by atoms with van der Waals surface area (Å²) >= 11 is 0. The van der Waals surface area contributed by atoms with E-state index < -0.39 is 13.9 Å². The van der Waals surface area contributed by atoms with Gasteiger partial charge in [-0.15, -0.1) is 0 Å². The molecule has 2 heterocycles. The number of imidazole rings is 1. The number of ether oxygens (including phenoxy) is 2. The minimum Gasteiger partial charge on any atom is -0.541 e. The number of carbonyl (C=O) groups is 1. The first-order valence-electron chi connectivity index (χ1n) is 11.5. The van der Waals surface area contributed by atoms with Crippen LogP contribution in [0.2, 0.25) is 18.1 Å². The number of aromatic amines is 1. The quantitative estimate of drug-likeness (QED) is 0.562. The number of piperidine rings is 1. The molecule has 0 saturated carbocycles. The van der Waals surface area contributed by atoms with E-state index in [0.717, 1.165) is 41.2 Å². The third-order valence-electron chi connectivity index (χ3n) is 6.22. The van der Waals surface area contributed by atoms with E-state index in [9.17, 15) is 4.79 Å². The zero-order chi connectivity index (χ0) is 23.9. The Morgan fingerprint density at radius 3 is 2.28 bits per heavy atom. The molecule has 1 aliphatic rings. The highest BCUT2D eigenvalue weighted by Crippen LogP contribution is 2.41. The largest absolute Gasteiger partial charge is 0.541 e. The average molecular weight is 462 g/mol. The van der Waals surface area contributed by atoms with E-state index >= 15 is 0 Å². The molecular formula is C24H39N3O4Si. The highest BCUT2D eigenvalue weighted by Gasteiger charge is 2.40. The summed E-state index contributed by atoms with van der Waals surface area (Å²) in [6.45, 7) is 20.0. The molecule has 1 aromatic heterocycles. The monoisotopic (exact) mass is 461 g/mol. The Morgan fingerprint density at radius 2 is 1.72 bits per heavy atom. The topological polar surface area (TPSA) is 76.7 Å². The summed E-state index contributed by atoms with van der Waals surface area (Å²) in [5.41, 5.74) is 1.33. The number of benzene rings is 1. The molecule has 8 heteroatoms. The number of hydrogen-bond donors (Lipinski definition) is 1. The zero-order valence-corrected chi connectivity index (χ0v) is 22.1. The number of nitrogens with zero attached hydrogens (tertiary/aromatic N) is 2. The number of aryl methyl sites for hydroxylation is 1. The van der Waals surface area contributed by atoms with Gasteiger partial charge >= 0.3 is 6.09 Å². The van der Waals surface area contributed by atoms with Gasteiger partial charge in [0.05, 0.1) is 11.0 Å². The van der Waals surface area contributed by atoms with Crippen LogP contribution < -0.4 is 9.16 Å². The molecule has 1 aliphatic heterocycles. The van der Waals surface area contributed by atoms with Gasteiger partial charge in [-0.3, -0.25) is 0 Å². The smallest absolute Gasteiger partial charge is 0.410 e. The number of amides is 1. The van der Waals surface area contributed by atoms with E-state index in [4.69, 9.17) is 13.9 Å². The van der Waals surface area contributed by atoms with Crippen molar-refractivity contribution in [3.8, 4) is 11.5 Å². The Labute approximate surface area is 193 Å². The maximum Gasteiger partial charge on any atom is 0.410 e. The van der Waals surface area contributed by atoms with Crippen LogP contribution in [0, 0.1) is 6.92 Å². The van der Waals surface area contributed by atoms with Crippen LogP contribution in [0.4, 0.5) is 4.79 Å². The Bertz CT molecular complexity index is 964. The van der Waals surface area contributed by atoms with Gasteiger partial charge in [0.1, 0.15) is 23.3 Å². The van der Waals surface area contributed by atoms with Gasteiger partial charge in [-0.25, -0.2) is 9.78 Å². The van der Waals surface area contributed by atoms with Gasteiger partial charge in [0.25, 0.3) is 8.32 Å². The summed E-state index contributed by atoms with van der Waals surface area (Å²) in [4.78, 5) is 22.0. The number of hydrogen-bond acceptors (Lipinski definition) is 5. The van der Waals surface area contributed by atoms with Gasteiger partial charge in [-0.05, 0) is 45.8 Å². The fraction of sp³-hybridized carbons (Fsp3) is 0.667. The molecule has 1 fully saturated rings. The zero-order valence-electron chi connectivity index (χ0n) is 21.1. The number of rotatable bonds is 4. The third-order valence-corrected chi connectivity index (χ3v) is 10.6. The van der Waals surface area contributed by atoms with Crippen LogP contribution in [-0.4, -0.2) is 54.1 Å². The van der Waals surface area contributed by atoms with Crippen molar-refractivity contribution in [2.24, 2.45) is 0 Å². The molecule has 2 aromatic rings. The number of fused-ring (bicyclic) bond motifs is 1. The van der Waals surface area contributed by atoms with Crippen molar-refractivity contribution in [1.82, 2.24) is 14.9 Å². The Hall–Kier alpha value is -2.22. The third kappa shape index (κ3) is 5.76. The summed E-state index contributed by atoms with van der Waals surface area (Å²) in [5, 5.41) is 0.0713. The fourth-order valence-electron chi connectivity index (χ4n) is 3.41. The number of carbonyl (C=O) groups excluding carboxylic acids is 1. The van der Waals surface area contributed by atoms with Crippen molar-refractivity contribution in [2.45, 2.75) is 91.1 Å². The normalized spacial score (nSPS) is 16.3. The first kappa shape index (κ1) is 24.4. The van der Waals surface area contributed by atoms with Gasteiger partial charge in [-0.2, -0.15) is 0 Å². The van der Waals surface area contributed by atoms with Crippen LogP contribution in [0.15, 0.2) is 12.1 Å². The van der Waals surface area contributed by atoms with Crippen molar-refractivity contribution in [1.29, 1.82) is 0 Å². The summed E-state index contributed by atoms with van der Waals surface area (Å²) < 4.78 is 18.6. The molecule has 178 valence electrons. The van der Waals surface area contributed by atoms with Crippen LogP contribution in [0.3, 0.4) is 0 Å². The molecule has 0 atom stereocenters. The van der Waals surface area contributed by atoms with Crippen LogP contribution >= 0.6 is 0 Å². The summed E-state index contributed by atoms with van der Waals surface area (Å²) in [6.07, 6.45) is 1.24. The molecule has 0 aliphatic carbocycles. The van der Waals surface area contributed by atoms with Gasteiger partial charge in [0.15, 0.2) is 5.75 Å². The highest BCUT2D eigenvalue weighted by molar-refractivity contribution is 6.74. The summed E-state index contributed by atoms with van der Waals surface area (Å²) in [7, 11) is -2.06. The first-order chi connectivity index (χ1) is 14.6. The van der Waals surface area contributed by atoms with E-state index in [2.05, 4.69) is 43.8 Å². The molecule has 1 N–H and O–H groups in total. The minimum absolute atomic E-state index is 0.00735. The van der Waals surface area contributed by atoms with Crippen molar-refractivity contribution >= 4 is 25.4 Å². The first-order valence-corrected chi connectivity index (χ1v) is 14.4. The predicted molar refractivity (Wildman–Crippen MR) is 130 cm³/mol. The molecule has 7 nitrogen and oxygen atoms in total. The highest BCUT2D eigenvalue weighted by atomic mass is 28.4. The Kier molecular flexibility index (Phi) is 6.57. The molecule has 1 amide bonds. The Morgan fingerprint density at radius 1 is 1.09 bits per heavy atom. The van der Waals surface area contributed by atoms with E-state index in [0.29, 0.717) is 13.1 Å². The fourth-order valence-corrected chi connectivity index (χ4v) is 4.42. The molecule has 1 saturated heterocycles. The molecule has 0 radical (unpaired) electrons. The lowest BCUT2D eigenvalue weighted by atomic mass is 10.1. The van der Waals surface area contributed by atoms with Gasteiger partial charge in [-0.1, -0.05) is 20.8 Å². The van der Waals surface area contributed by atoms with Crippen molar-refractivity contribution in [3.63, 3.8) is 0 Å². The lowest BCUT2D eigenvalue weighted by Crippen LogP contribution is -2.45. The van der Waals surface area contributed by atoms with Gasteiger partial charge in [0, 0.05) is 38.1 Å². The molecule has 1 aromatic carbocycles. The molecule has 0 bridgehead atoms. The van der Waals surface area contributed by atoms with Crippen molar-refractivity contribution in [2.75, 3.05) is 13.1 Å². The number of nitrogens with one attached hydrogen (secondary N) is 1. The predicted octanol–water partition coefficient (Wildman–Crippen LogP) is 6.03. The minimum atomic E-state index is -2.06. The van der Waals surface area contributed by atoms with Gasteiger partial charge < -0.3 is 23.8 Å². The van der Waals surface area contributed by atoms with Crippen LogP contribution in [-0.2, 0) is 4.74 Å². The second-order valence-corrected chi connectivity index (χ2v) is 16.0. The Balaban J connectivity index is 1.77. The summed E-state index contributed by atoms with van der Waals surface area (Å²) in [6, 6.07) is 3.99. The molecule has 0 unspecified atom stereocenters. The number of H-pyrrole nitrogens is 1. The summed E-state index contributed by atoms with van der Waals surface area (Å²) in [5.74, 6) is 2.35. The van der Waals surface area contributed by atoms with Crippen LogP contribution in [0.25, 0.3) is 11.0 Å². The van der Waals surface area contributed by atoms with E-state index in [1.54, 1.807) is 4.90 Å². The van der Waals surface area contributed by atoms with Crippen molar-refractivity contribution < 1.29 is 18.7 Å². The lowest BCUT2D eigenvalue weighted by Gasteiger charge is -2.37. The molecule has 3 rings (SSSR count). The van der Waals surface area contributed by atoms with Crippen molar-refractivity contribution in [3.05, 3.63) is 18.0 Å². The maximum atomic E-state index is 12.4. The second kappa shape index (κ2) is 8.61. The standard InChI is InChI=1S/C24H39N3O4Si/c1-16-25-18-14-20(21(15-19(18)26-16)31-32(8,9)24(5,6)7)29-17-10-12-27(13-11-17)22(28)30-23(2,3)4/h14-15,17H,10-13H2,1-9H3,(H,25,26). The van der Waals surface area contributed by atoms with Gasteiger partial charge in [0.2, 0.25) is 0 Å². The average Bonchev–Trinajstić information content (AvgIpc) is 2.98. The maximum absolute atomic E-state index is 12.4. The number of likely N-dealkylation sites (tertiary alicyclic amines) is 1. The lowest BCUT2D eigenvalue weighted by molar-refractivity contribution is 0.0125. The van der Waals surface area contributed by atoms with Crippen LogP contribution in [0.1, 0.15) is 60.2 Å². The van der Waals surface area contributed by atoms with E-state index in [-0.39, 0.29) is 17.2 Å². The molecule has 0 spiro atoms. The SMILES string of the molecule is Cc1nc2cc(OC3CCN(C(=O)OC(C)(C)C)CC3)c(O[Si](C)(C)C(C)(C)C)cc2[nH]1. The molecule has 32 heavy (non-hydrogen) atoms. The number of aromatic nitrogens is 2. The second-order valence-electron chi connectivity index (χ2n) is 11.3.